The van der Waals surface area contributed by atoms with Crippen LogP contribution in [0.15, 0.2) is 0 Å². The Bertz CT molecular complexity index is 176. The van der Waals surface area contributed by atoms with Crippen LogP contribution in [0.25, 0.3) is 0 Å². The van der Waals surface area contributed by atoms with Gasteiger partial charge in [0.15, 0.2) is 0 Å². The lowest BCUT2D eigenvalue weighted by atomic mass is 10.2. The normalized spacial score (nSPS) is 13.6. The molecule has 0 aromatic carbocycles. The van der Waals surface area contributed by atoms with Gasteiger partial charge < -0.3 is 15.2 Å². The predicted molar refractivity (Wildman–Crippen MR) is 46.5 cm³/mol. The van der Waals surface area contributed by atoms with Crippen molar-refractivity contribution >= 4 is 5.97 Å². The molecule has 0 aromatic heterocycles. The molecule has 0 amide bonds. The highest BCUT2D eigenvalue weighted by Gasteiger charge is 2.18. The lowest BCUT2D eigenvalue weighted by molar-refractivity contribution is -0.141. The molecule has 1 unspecified atom stereocenters. The van der Waals surface area contributed by atoms with E-state index >= 15 is 0 Å². The van der Waals surface area contributed by atoms with E-state index in [4.69, 9.17) is 5.11 Å². The number of aliphatic carboxylic acids is 1. The van der Waals surface area contributed by atoms with Crippen LogP contribution in [0.1, 0.15) is 13.8 Å². The number of halogens is 2. The first-order valence-corrected chi connectivity index (χ1v) is 4.28. The Labute approximate surface area is 81.2 Å². The minimum atomic E-state index is -2.57. The number of hydrogen-bond donors (Lipinski definition) is 2. The van der Waals surface area contributed by atoms with E-state index in [0.717, 1.165) is 0 Å². The maximum atomic E-state index is 11.7. The first-order valence-electron chi connectivity index (χ1n) is 4.28. The number of carboxylic acids is 1. The SMILES string of the molecule is CC(C)NC(COCC(F)F)C(=O)O. The molecule has 0 aromatic rings. The zero-order valence-corrected chi connectivity index (χ0v) is 8.17. The van der Waals surface area contributed by atoms with Crippen molar-refractivity contribution in [3.05, 3.63) is 0 Å². The van der Waals surface area contributed by atoms with Gasteiger partial charge in [0, 0.05) is 6.04 Å². The molecule has 0 radical (unpaired) electrons. The van der Waals surface area contributed by atoms with Gasteiger partial charge in [0.1, 0.15) is 12.6 Å². The third-order valence-electron chi connectivity index (χ3n) is 1.36. The Hall–Kier alpha value is -0.750. The molecule has 84 valence electrons. The van der Waals surface area contributed by atoms with Gasteiger partial charge in [-0.15, -0.1) is 0 Å². The quantitative estimate of drug-likeness (QED) is 0.651. The summed E-state index contributed by atoms with van der Waals surface area (Å²) in [5, 5.41) is 11.3. The molecule has 0 bridgehead atoms. The van der Waals surface area contributed by atoms with Gasteiger partial charge >= 0.3 is 5.97 Å². The number of ether oxygens (including phenoxy) is 1. The molecule has 0 aliphatic heterocycles. The standard InChI is InChI=1S/C8H15F2NO3/c1-5(2)11-6(8(12)13)3-14-4-7(9)10/h5-7,11H,3-4H2,1-2H3,(H,12,13). The summed E-state index contributed by atoms with van der Waals surface area (Å²) in [6.07, 6.45) is -2.57. The fourth-order valence-electron chi connectivity index (χ4n) is 0.868. The zero-order valence-electron chi connectivity index (χ0n) is 8.17. The van der Waals surface area contributed by atoms with E-state index in [9.17, 15) is 13.6 Å². The summed E-state index contributed by atoms with van der Waals surface area (Å²) >= 11 is 0. The molecule has 0 fully saturated rings. The van der Waals surface area contributed by atoms with Gasteiger partial charge in [-0.25, -0.2) is 8.78 Å². The number of nitrogens with one attached hydrogen (secondary N) is 1. The first kappa shape index (κ1) is 13.2. The van der Waals surface area contributed by atoms with Crippen molar-refractivity contribution in [3.63, 3.8) is 0 Å². The van der Waals surface area contributed by atoms with Gasteiger partial charge in [0.2, 0.25) is 0 Å². The summed E-state index contributed by atoms with van der Waals surface area (Å²) < 4.78 is 27.8. The summed E-state index contributed by atoms with van der Waals surface area (Å²) in [5.74, 6) is -1.10. The Morgan fingerprint density at radius 2 is 2.00 bits per heavy atom. The maximum absolute atomic E-state index is 11.7. The topological polar surface area (TPSA) is 58.6 Å². The molecular weight excluding hydrogens is 196 g/mol. The third kappa shape index (κ3) is 6.73. The van der Waals surface area contributed by atoms with Crippen molar-refractivity contribution < 1.29 is 23.4 Å². The maximum Gasteiger partial charge on any atom is 0.323 e. The summed E-state index contributed by atoms with van der Waals surface area (Å²) in [5.41, 5.74) is 0. The molecule has 0 heterocycles. The van der Waals surface area contributed by atoms with Crippen molar-refractivity contribution in [2.45, 2.75) is 32.4 Å². The second-order valence-corrected chi connectivity index (χ2v) is 3.14. The van der Waals surface area contributed by atoms with Crippen molar-refractivity contribution in [1.82, 2.24) is 5.32 Å². The highest BCUT2D eigenvalue weighted by atomic mass is 19.3. The van der Waals surface area contributed by atoms with Gasteiger partial charge in [-0.3, -0.25) is 4.79 Å². The van der Waals surface area contributed by atoms with E-state index in [1.165, 1.54) is 0 Å². The van der Waals surface area contributed by atoms with Crippen molar-refractivity contribution in [2.24, 2.45) is 0 Å². The second-order valence-electron chi connectivity index (χ2n) is 3.14. The van der Waals surface area contributed by atoms with Crippen molar-refractivity contribution in [1.29, 1.82) is 0 Å². The van der Waals surface area contributed by atoms with E-state index in [1.807, 2.05) is 0 Å². The molecule has 0 saturated heterocycles. The fourth-order valence-corrected chi connectivity index (χ4v) is 0.868. The van der Waals surface area contributed by atoms with Crippen LogP contribution >= 0.6 is 0 Å². The average molecular weight is 211 g/mol. The minimum Gasteiger partial charge on any atom is -0.480 e. The van der Waals surface area contributed by atoms with Gasteiger partial charge in [-0.2, -0.15) is 0 Å². The lowest BCUT2D eigenvalue weighted by Gasteiger charge is -2.16. The molecule has 0 aliphatic carbocycles. The molecule has 4 nitrogen and oxygen atoms in total. The minimum absolute atomic E-state index is 0.0359. The molecule has 0 rings (SSSR count). The molecule has 0 spiro atoms. The van der Waals surface area contributed by atoms with E-state index in [-0.39, 0.29) is 12.6 Å². The number of rotatable bonds is 7. The second kappa shape index (κ2) is 6.67. The van der Waals surface area contributed by atoms with E-state index < -0.39 is 25.0 Å². The Balaban J connectivity index is 3.80. The smallest absolute Gasteiger partial charge is 0.323 e. The molecular formula is C8H15F2NO3. The summed E-state index contributed by atoms with van der Waals surface area (Å²) in [7, 11) is 0. The first-order chi connectivity index (χ1) is 6.43. The van der Waals surface area contributed by atoms with Gasteiger partial charge in [0.25, 0.3) is 6.43 Å². The van der Waals surface area contributed by atoms with Crippen LogP contribution in [0.4, 0.5) is 8.78 Å². The highest BCUT2D eigenvalue weighted by Crippen LogP contribution is 1.95. The Kier molecular flexibility index (Phi) is 6.31. The number of carbonyl (C=O) groups is 1. The van der Waals surface area contributed by atoms with Crippen LogP contribution in [-0.2, 0) is 9.53 Å². The molecule has 0 aliphatic rings. The molecule has 14 heavy (non-hydrogen) atoms. The number of alkyl halides is 2. The van der Waals surface area contributed by atoms with Crippen molar-refractivity contribution in [2.75, 3.05) is 13.2 Å². The average Bonchev–Trinajstić information content (AvgIpc) is 2.00. The summed E-state index contributed by atoms with van der Waals surface area (Å²) in [4.78, 5) is 10.6. The van der Waals surface area contributed by atoms with Crippen LogP contribution in [0, 0.1) is 0 Å². The van der Waals surface area contributed by atoms with Crippen molar-refractivity contribution in [3.8, 4) is 0 Å². The summed E-state index contributed by atoms with van der Waals surface area (Å²) in [6, 6.07) is -0.972. The predicted octanol–water partition coefficient (Wildman–Crippen LogP) is 0.719. The molecule has 1 atom stereocenters. The van der Waals surface area contributed by atoms with E-state index in [1.54, 1.807) is 13.8 Å². The van der Waals surface area contributed by atoms with Gasteiger partial charge in [-0.05, 0) is 0 Å². The molecule has 0 saturated carbocycles. The number of carboxylic acid groups (broad SMARTS) is 1. The van der Waals surface area contributed by atoms with Crippen LogP contribution in [0.5, 0.6) is 0 Å². The molecule has 2 N–H and O–H groups in total. The van der Waals surface area contributed by atoms with Crippen LogP contribution in [0.3, 0.4) is 0 Å². The van der Waals surface area contributed by atoms with Crippen LogP contribution in [-0.4, -0.2) is 42.8 Å². The lowest BCUT2D eigenvalue weighted by Crippen LogP contribution is -2.44. The monoisotopic (exact) mass is 211 g/mol. The third-order valence-corrected chi connectivity index (χ3v) is 1.36. The van der Waals surface area contributed by atoms with Gasteiger partial charge in [-0.1, -0.05) is 13.8 Å². The largest absolute Gasteiger partial charge is 0.480 e. The number of hydrogen-bond acceptors (Lipinski definition) is 3. The Morgan fingerprint density at radius 3 is 2.36 bits per heavy atom. The molecule has 6 heteroatoms. The summed E-state index contributed by atoms with van der Waals surface area (Å²) in [6.45, 7) is 2.55. The van der Waals surface area contributed by atoms with E-state index in [0.29, 0.717) is 0 Å². The van der Waals surface area contributed by atoms with Gasteiger partial charge in [0.05, 0.1) is 6.61 Å². The fraction of sp³-hybridized carbons (Fsp3) is 0.875. The Morgan fingerprint density at radius 1 is 1.43 bits per heavy atom. The van der Waals surface area contributed by atoms with Crippen LogP contribution < -0.4 is 5.32 Å². The zero-order chi connectivity index (χ0) is 11.1. The highest BCUT2D eigenvalue weighted by molar-refractivity contribution is 5.73. The van der Waals surface area contributed by atoms with E-state index in [2.05, 4.69) is 10.1 Å². The van der Waals surface area contributed by atoms with Crippen LogP contribution in [0.2, 0.25) is 0 Å².